The zero-order valence-electron chi connectivity index (χ0n) is 20.6. The standard InChI is InChI=1S/C29H51O/c1-5-7-8-9-10-13-16-19-27(28-23-25(3)22-26(4)24-28)20-17-14-11-12-15-18-21-29(30)6-2/h22-24,27,29-30H,2,5-21H2,1,3-4H3. The lowest BCUT2D eigenvalue weighted by Gasteiger charge is -2.19. The summed E-state index contributed by atoms with van der Waals surface area (Å²) in [5.41, 5.74) is 4.42. The fourth-order valence-electron chi connectivity index (χ4n) is 4.69. The molecular weight excluding hydrogens is 364 g/mol. The van der Waals surface area contributed by atoms with Crippen molar-refractivity contribution in [3.8, 4) is 0 Å². The minimum atomic E-state index is -0.185. The van der Waals surface area contributed by atoms with Gasteiger partial charge in [-0.05, 0) is 51.0 Å². The third kappa shape index (κ3) is 13.5. The molecule has 0 aliphatic heterocycles. The second-order valence-corrected chi connectivity index (χ2v) is 9.67. The first-order chi connectivity index (χ1) is 14.6. The van der Waals surface area contributed by atoms with E-state index in [1.807, 2.05) is 0 Å². The maximum Gasteiger partial charge on any atom is 0.0540 e. The molecule has 0 aromatic heterocycles. The molecule has 2 unspecified atom stereocenters. The molecule has 0 heterocycles. The number of unbranched alkanes of at least 4 members (excludes halogenated alkanes) is 11. The van der Waals surface area contributed by atoms with Crippen LogP contribution in [-0.4, -0.2) is 11.2 Å². The van der Waals surface area contributed by atoms with Crippen molar-refractivity contribution in [2.75, 3.05) is 0 Å². The Morgan fingerprint density at radius 2 is 1.10 bits per heavy atom. The summed E-state index contributed by atoms with van der Waals surface area (Å²) in [7, 11) is 0. The molecule has 1 N–H and O–H groups in total. The third-order valence-corrected chi connectivity index (χ3v) is 6.54. The Labute approximate surface area is 189 Å². The summed E-state index contributed by atoms with van der Waals surface area (Å²) in [6.07, 6.45) is 21.7. The van der Waals surface area contributed by atoms with Crippen LogP contribution in [0.1, 0.15) is 139 Å². The molecule has 0 saturated carbocycles. The van der Waals surface area contributed by atoms with Gasteiger partial charge in [0.15, 0.2) is 0 Å². The summed E-state index contributed by atoms with van der Waals surface area (Å²) in [6, 6.07) is 7.18. The van der Waals surface area contributed by atoms with Crippen LogP contribution < -0.4 is 0 Å². The van der Waals surface area contributed by atoms with Gasteiger partial charge >= 0.3 is 0 Å². The van der Waals surface area contributed by atoms with E-state index in [2.05, 4.69) is 45.9 Å². The van der Waals surface area contributed by atoms with Gasteiger partial charge in [-0.3, -0.25) is 0 Å². The Balaban J connectivity index is 2.33. The number of rotatable bonds is 19. The summed E-state index contributed by atoms with van der Waals surface area (Å²) in [4.78, 5) is 0. The molecule has 1 radical (unpaired) electrons. The fourth-order valence-corrected chi connectivity index (χ4v) is 4.69. The van der Waals surface area contributed by atoms with Crippen LogP contribution in [0.3, 0.4) is 0 Å². The molecule has 1 heteroatoms. The summed E-state index contributed by atoms with van der Waals surface area (Å²) in [5, 5.41) is 9.59. The van der Waals surface area contributed by atoms with E-state index in [0.29, 0.717) is 6.42 Å². The molecule has 0 fully saturated rings. The Morgan fingerprint density at radius 3 is 1.57 bits per heavy atom. The van der Waals surface area contributed by atoms with Crippen molar-refractivity contribution < 1.29 is 5.11 Å². The van der Waals surface area contributed by atoms with Gasteiger partial charge in [-0.1, -0.05) is 127 Å². The number of hydrogen-bond acceptors (Lipinski definition) is 1. The Kier molecular flexibility index (Phi) is 16.2. The van der Waals surface area contributed by atoms with Crippen LogP contribution in [0.5, 0.6) is 0 Å². The van der Waals surface area contributed by atoms with Gasteiger partial charge in [-0.25, -0.2) is 0 Å². The summed E-state index contributed by atoms with van der Waals surface area (Å²) < 4.78 is 0. The van der Waals surface area contributed by atoms with Crippen molar-refractivity contribution in [2.24, 2.45) is 0 Å². The molecule has 1 rings (SSSR count). The SMILES string of the molecule is [CH2]CC(O)CCCCCCCCC(CCCCCCCCC)c1cc(C)cc(C)c1. The van der Waals surface area contributed by atoms with E-state index in [9.17, 15) is 5.11 Å². The molecule has 0 bridgehead atoms. The monoisotopic (exact) mass is 415 g/mol. The average molecular weight is 416 g/mol. The summed E-state index contributed by atoms with van der Waals surface area (Å²) in [6.45, 7) is 10.6. The molecule has 0 spiro atoms. The molecule has 1 aromatic carbocycles. The van der Waals surface area contributed by atoms with Gasteiger partial charge in [0.05, 0.1) is 6.10 Å². The van der Waals surface area contributed by atoms with E-state index in [-0.39, 0.29) is 6.10 Å². The van der Waals surface area contributed by atoms with Gasteiger partial charge in [0.2, 0.25) is 0 Å². The van der Waals surface area contributed by atoms with Crippen LogP contribution >= 0.6 is 0 Å². The van der Waals surface area contributed by atoms with Crippen LogP contribution in [0, 0.1) is 20.8 Å². The summed E-state index contributed by atoms with van der Waals surface area (Å²) >= 11 is 0. The van der Waals surface area contributed by atoms with Crippen molar-refractivity contribution in [1.82, 2.24) is 0 Å². The van der Waals surface area contributed by atoms with Crippen LogP contribution in [0.15, 0.2) is 18.2 Å². The van der Waals surface area contributed by atoms with E-state index in [0.717, 1.165) is 18.8 Å². The van der Waals surface area contributed by atoms with Gasteiger partial charge in [0.25, 0.3) is 0 Å². The van der Waals surface area contributed by atoms with Gasteiger partial charge in [-0.15, -0.1) is 0 Å². The van der Waals surface area contributed by atoms with Gasteiger partial charge < -0.3 is 5.11 Å². The lowest BCUT2D eigenvalue weighted by molar-refractivity contribution is 0.163. The van der Waals surface area contributed by atoms with Gasteiger partial charge in [0, 0.05) is 0 Å². The molecule has 30 heavy (non-hydrogen) atoms. The molecule has 0 amide bonds. The van der Waals surface area contributed by atoms with Crippen LogP contribution in [0.2, 0.25) is 0 Å². The molecule has 0 aliphatic carbocycles. The molecule has 1 aromatic rings. The fraction of sp³-hybridized carbons (Fsp3) is 0.759. The Bertz CT molecular complexity index is 501. The first-order valence-corrected chi connectivity index (χ1v) is 13.1. The first kappa shape index (κ1) is 27.2. The number of benzene rings is 1. The minimum absolute atomic E-state index is 0.185. The predicted molar refractivity (Wildman–Crippen MR) is 134 cm³/mol. The number of aryl methyl sites for hydroxylation is 2. The van der Waals surface area contributed by atoms with E-state index in [4.69, 9.17) is 0 Å². The highest BCUT2D eigenvalue weighted by molar-refractivity contribution is 5.31. The van der Waals surface area contributed by atoms with Gasteiger partial charge in [0.1, 0.15) is 0 Å². The van der Waals surface area contributed by atoms with Crippen molar-refractivity contribution in [1.29, 1.82) is 0 Å². The van der Waals surface area contributed by atoms with Crippen molar-refractivity contribution >= 4 is 0 Å². The lowest BCUT2D eigenvalue weighted by Crippen LogP contribution is -2.03. The average Bonchev–Trinajstić information content (AvgIpc) is 2.72. The molecule has 173 valence electrons. The predicted octanol–water partition coefficient (Wildman–Crippen LogP) is 9.23. The largest absolute Gasteiger partial charge is 0.393 e. The molecule has 1 nitrogen and oxygen atoms in total. The van der Waals surface area contributed by atoms with Crippen LogP contribution in [-0.2, 0) is 0 Å². The van der Waals surface area contributed by atoms with Crippen molar-refractivity contribution in [3.63, 3.8) is 0 Å². The maximum absolute atomic E-state index is 9.59. The number of aliphatic hydroxyl groups excluding tert-OH is 1. The van der Waals surface area contributed by atoms with Crippen molar-refractivity contribution in [3.05, 3.63) is 41.8 Å². The normalized spacial score (nSPS) is 13.5. The zero-order valence-corrected chi connectivity index (χ0v) is 20.6. The highest BCUT2D eigenvalue weighted by Crippen LogP contribution is 2.30. The van der Waals surface area contributed by atoms with E-state index in [1.165, 1.54) is 101 Å². The maximum atomic E-state index is 9.59. The minimum Gasteiger partial charge on any atom is -0.393 e. The van der Waals surface area contributed by atoms with E-state index in [1.54, 1.807) is 5.56 Å². The number of hydrogen-bond donors (Lipinski definition) is 1. The molecule has 0 aliphatic rings. The smallest absolute Gasteiger partial charge is 0.0540 e. The molecule has 2 atom stereocenters. The van der Waals surface area contributed by atoms with Crippen molar-refractivity contribution in [2.45, 2.75) is 142 Å². The second-order valence-electron chi connectivity index (χ2n) is 9.67. The Hall–Kier alpha value is -0.820. The summed E-state index contributed by atoms with van der Waals surface area (Å²) in [5.74, 6) is 0.742. The van der Waals surface area contributed by atoms with Gasteiger partial charge in [-0.2, -0.15) is 0 Å². The first-order valence-electron chi connectivity index (χ1n) is 13.1. The number of aliphatic hydroxyl groups is 1. The lowest BCUT2D eigenvalue weighted by atomic mass is 9.86. The Morgan fingerprint density at radius 1 is 0.667 bits per heavy atom. The quantitative estimate of drug-likeness (QED) is 0.223. The molecule has 0 saturated heterocycles. The molecular formula is C29H51O. The highest BCUT2D eigenvalue weighted by Gasteiger charge is 2.12. The third-order valence-electron chi connectivity index (χ3n) is 6.54. The zero-order chi connectivity index (χ0) is 22.0. The second kappa shape index (κ2) is 17.8. The van der Waals surface area contributed by atoms with E-state index >= 15 is 0 Å². The van der Waals surface area contributed by atoms with Crippen LogP contribution in [0.25, 0.3) is 0 Å². The topological polar surface area (TPSA) is 20.2 Å². The van der Waals surface area contributed by atoms with Crippen LogP contribution in [0.4, 0.5) is 0 Å². The van der Waals surface area contributed by atoms with E-state index < -0.39 is 0 Å². The highest BCUT2D eigenvalue weighted by atomic mass is 16.3.